The number of carbonyl (C=O) groups is 3. The third-order valence-electron chi connectivity index (χ3n) is 4.76. The van der Waals surface area contributed by atoms with Crippen LogP contribution in [-0.4, -0.2) is 90.8 Å². The molecular formula is C23H36N4O6S. The second kappa shape index (κ2) is 16.0. The van der Waals surface area contributed by atoms with Crippen molar-refractivity contribution in [3.63, 3.8) is 0 Å². The first-order valence-electron chi connectivity index (χ1n) is 11.0. The Morgan fingerprint density at radius 3 is 2.59 bits per heavy atom. The maximum absolute atomic E-state index is 12.2. The molecule has 34 heavy (non-hydrogen) atoms. The molecule has 2 amide bonds. The van der Waals surface area contributed by atoms with E-state index in [4.69, 9.17) is 10.5 Å². The normalized spacial score (nSPS) is 13.0. The molecule has 0 spiro atoms. The van der Waals surface area contributed by atoms with Gasteiger partial charge < -0.3 is 36.2 Å². The topological polar surface area (TPSA) is 154 Å². The van der Waals surface area contributed by atoms with Gasteiger partial charge in [0.1, 0.15) is 6.04 Å². The minimum atomic E-state index is -0.832. The summed E-state index contributed by atoms with van der Waals surface area (Å²) in [5.74, 6) is -0.385. The molecule has 1 rings (SSSR count). The van der Waals surface area contributed by atoms with Crippen molar-refractivity contribution in [2.45, 2.75) is 31.3 Å². The summed E-state index contributed by atoms with van der Waals surface area (Å²) in [6, 6.07) is 2.73. The molecule has 0 saturated heterocycles. The summed E-state index contributed by atoms with van der Waals surface area (Å²) >= 11 is 1.63. The molecule has 11 heteroatoms. The number of benzene rings is 1. The standard InChI is InChI=1S/C23H36N4O6S/c1-27(2)12-13-34-15-17(24)22(31)25-11-5-4-6-18(23(32)33-3)26-21(30)10-8-16-7-9-19(28)20(29)14-16/h7-10,14,17-18,28-29H,4-6,11-13,15,24H2,1-3H3,(H,25,31)(H,26,30)/b10-8+/t17-,18-/m0/s1. The zero-order valence-electron chi connectivity index (χ0n) is 20.0. The third-order valence-corrected chi connectivity index (χ3v) is 5.83. The smallest absolute Gasteiger partial charge is 0.328 e. The SMILES string of the molecule is COC(=O)[C@H](CCCCNC(=O)[C@@H](N)CSCCN(C)C)NC(=O)/C=C/c1ccc(O)c(O)c1. The number of hydrogen-bond acceptors (Lipinski definition) is 9. The number of amides is 2. The van der Waals surface area contributed by atoms with Gasteiger partial charge in [0.15, 0.2) is 11.5 Å². The fourth-order valence-corrected chi connectivity index (χ4v) is 3.84. The number of unbranched alkanes of at least 4 members (excludes halogenated alkanes) is 1. The molecular weight excluding hydrogens is 460 g/mol. The van der Waals surface area contributed by atoms with Crippen LogP contribution in [0.1, 0.15) is 24.8 Å². The van der Waals surface area contributed by atoms with Crippen molar-refractivity contribution >= 4 is 35.6 Å². The number of phenolic OH excluding ortho intramolecular Hbond substituents is 2. The molecule has 0 radical (unpaired) electrons. The number of thioether (sulfide) groups is 1. The van der Waals surface area contributed by atoms with E-state index in [9.17, 15) is 24.6 Å². The predicted octanol–water partition coefficient (Wildman–Crippen LogP) is 0.677. The third kappa shape index (κ3) is 11.9. The fraction of sp³-hybridized carbons (Fsp3) is 0.522. The van der Waals surface area contributed by atoms with Gasteiger partial charge >= 0.3 is 5.97 Å². The molecule has 2 atom stereocenters. The van der Waals surface area contributed by atoms with Crippen LogP contribution in [0.4, 0.5) is 0 Å². The number of nitrogens with zero attached hydrogens (tertiary/aromatic N) is 1. The molecule has 0 unspecified atom stereocenters. The average molecular weight is 497 g/mol. The molecule has 10 nitrogen and oxygen atoms in total. The monoisotopic (exact) mass is 496 g/mol. The molecule has 6 N–H and O–H groups in total. The van der Waals surface area contributed by atoms with E-state index in [1.54, 1.807) is 11.8 Å². The molecule has 0 aliphatic rings. The van der Waals surface area contributed by atoms with Gasteiger partial charge in [-0.25, -0.2) is 4.79 Å². The molecule has 190 valence electrons. The summed E-state index contributed by atoms with van der Waals surface area (Å²) in [5.41, 5.74) is 6.41. The van der Waals surface area contributed by atoms with Crippen molar-refractivity contribution in [2.24, 2.45) is 5.73 Å². The second-order valence-corrected chi connectivity index (χ2v) is 9.09. The largest absolute Gasteiger partial charge is 0.504 e. The van der Waals surface area contributed by atoms with Crippen molar-refractivity contribution in [2.75, 3.05) is 45.8 Å². The minimum absolute atomic E-state index is 0.208. The molecule has 0 aliphatic heterocycles. The van der Waals surface area contributed by atoms with E-state index in [0.717, 1.165) is 12.3 Å². The number of nitrogens with two attached hydrogens (primary N) is 1. The molecule has 1 aromatic carbocycles. The molecule has 1 aromatic rings. The Hall–Kier alpha value is -2.76. The lowest BCUT2D eigenvalue weighted by Gasteiger charge is -2.16. The molecule has 0 aromatic heterocycles. The Labute approximate surface area is 204 Å². The lowest BCUT2D eigenvalue weighted by atomic mass is 10.1. The molecule has 0 fully saturated rings. The van der Waals surface area contributed by atoms with E-state index in [2.05, 4.69) is 15.5 Å². The molecule has 0 saturated carbocycles. The fourth-order valence-electron chi connectivity index (χ4n) is 2.78. The highest BCUT2D eigenvalue weighted by atomic mass is 32.2. The first-order valence-corrected chi connectivity index (χ1v) is 12.1. The van der Waals surface area contributed by atoms with E-state index in [-0.39, 0.29) is 17.4 Å². The summed E-state index contributed by atoms with van der Waals surface area (Å²) < 4.78 is 4.76. The van der Waals surface area contributed by atoms with E-state index in [1.807, 2.05) is 14.1 Å². The van der Waals surface area contributed by atoms with Gasteiger partial charge in [0.25, 0.3) is 0 Å². The first kappa shape index (κ1) is 29.3. The predicted molar refractivity (Wildman–Crippen MR) is 133 cm³/mol. The molecule has 0 heterocycles. The number of esters is 1. The van der Waals surface area contributed by atoms with Crippen LogP contribution in [0.5, 0.6) is 11.5 Å². The van der Waals surface area contributed by atoms with Gasteiger partial charge in [-0.3, -0.25) is 9.59 Å². The Morgan fingerprint density at radius 1 is 1.21 bits per heavy atom. The van der Waals surface area contributed by atoms with Crippen LogP contribution in [0, 0.1) is 0 Å². The van der Waals surface area contributed by atoms with Crippen molar-refractivity contribution in [1.29, 1.82) is 0 Å². The lowest BCUT2D eigenvalue weighted by Crippen LogP contribution is -2.43. The molecule has 0 aliphatic carbocycles. The van der Waals surface area contributed by atoms with Crippen LogP contribution in [0.25, 0.3) is 6.08 Å². The van der Waals surface area contributed by atoms with E-state index in [0.29, 0.717) is 37.1 Å². The Morgan fingerprint density at radius 2 is 1.94 bits per heavy atom. The summed E-state index contributed by atoms with van der Waals surface area (Å²) in [7, 11) is 5.23. The average Bonchev–Trinajstić information content (AvgIpc) is 2.80. The van der Waals surface area contributed by atoms with Gasteiger partial charge in [-0.05, 0) is 57.1 Å². The minimum Gasteiger partial charge on any atom is -0.504 e. The van der Waals surface area contributed by atoms with Gasteiger partial charge in [0.05, 0.1) is 13.2 Å². The number of methoxy groups -OCH3 is 1. The summed E-state index contributed by atoms with van der Waals surface area (Å²) in [5, 5.41) is 24.2. The van der Waals surface area contributed by atoms with Crippen molar-refractivity contribution in [3.8, 4) is 11.5 Å². The maximum atomic E-state index is 12.2. The zero-order chi connectivity index (χ0) is 25.5. The quantitative estimate of drug-likeness (QED) is 0.102. The Kier molecular flexibility index (Phi) is 13.7. The van der Waals surface area contributed by atoms with Crippen LogP contribution < -0.4 is 16.4 Å². The first-order chi connectivity index (χ1) is 16.1. The Bertz CT molecular complexity index is 834. The molecule has 0 bridgehead atoms. The van der Waals surface area contributed by atoms with Gasteiger partial charge in [-0.15, -0.1) is 0 Å². The van der Waals surface area contributed by atoms with Crippen LogP contribution in [-0.2, 0) is 19.1 Å². The number of carbonyl (C=O) groups excluding carboxylic acids is 3. The lowest BCUT2D eigenvalue weighted by molar-refractivity contribution is -0.144. The maximum Gasteiger partial charge on any atom is 0.328 e. The summed E-state index contributed by atoms with van der Waals surface area (Å²) in [6.45, 7) is 1.34. The summed E-state index contributed by atoms with van der Waals surface area (Å²) in [6.07, 6.45) is 4.19. The zero-order valence-corrected chi connectivity index (χ0v) is 20.8. The van der Waals surface area contributed by atoms with Gasteiger partial charge in [0.2, 0.25) is 11.8 Å². The van der Waals surface area contributed by atoms with Gasteiger partial charge in [-0.2, -0.15) is 11.8 Å². The van der Waals surface area contributed by atoms with Crippen molar-refractivity contribution in [1.82, 2.24) is 15.5 Å². The van der Waals surface area contributed by atoms with E-state index >= 15 is 0 Å². The number of rotatable bonds is 15. The number of ether oxygens (including phenoxy) is 1. The highest BCUT2D eigenvalue weighted by molar-refractivity contribution is 7.99. The van der Waals surface area contributed by atoms with Crippen LogP contribution in [0.2, 0.25) is 0 Å². The van der Waals surface area contributed by atoms with E-state index in [1.165, 1.54) is 37.5 Å². The van der Waals surface area contributed by atoms with Crippen molar-refractivity contribution < 1.29 is 29.3 Å². The Balaban J connectivity index is 2.39. The van der Waals surface area contributed by atoms with Crippen LogP contribution >= 0.6 is 11.8 Å². The highest BCUT2D eigenvalue weighted by Gasteiger charge is 2.20. The van der Waals surface area contributed by atoms with Crippen LogP contribution in [0.3, 0.4) is 0 Å². The van der Waals surface area contributed by atoms with Gasteiger partial charge in [-0.1, -0.05) is 6.07 Å². The summed E-state index contributed by atoms with van der Waals surface area (Å²) in [4.78, 5) is 38.4. The van der Waals surface area contributed by atoms with Gasteiger partial charge in [0, 0.05) is 30.7 Å². The van der Waals surface area contributed by atoms with Crippen LogP contribution in [0.15, 0.2) is 24.3 Å². The van der Waals surface area contributed by atoms with E-state index < -0.39 is 24.0 Å². The highest BCUT2D eigenvalue weighted by Crippen LogP contribution is 2.25. The number of hydrogen-bond donors (Lipinski definition) is 5. The number of aromatic hydroxyl groups is 2. The number of nitrogens with one attached hydrogen (secondary N) is 2. The second-order valence-electron chi connectivity index (χ2n) is 7.94. The number of phenols is 2. The van der Waals surface area contributed by atoms with Crippen molar-refractivity contribution in [3.05, 3.63) is 29.8 Å².